The summed E-state index contributed by atoms with van der Waals surface area (Å²) < 4.78 is 12.4. The highest BCUT2D eigenvalue weighted by molar-refractivity contribution is 6.03. The average Bonchev–Trinajstić information content (AvgIpc) is 3.27. The van der Waals surface area contributed by atoms with Gasteiger partial charge in [0.05, 0.1) is 19.3 Å². The molecule has 5 rings (SSSR count). The van der Waals surface area contributed by atoms with E-state index in [-0.39, 0.29) is 30.0 Å². The van der Waals surface area contributed by atoms with Crippen LogP contribution in [0.5, 0.6) is 0 Å². The molecule has 0 unspecified atom stereocenters. The zero-order valence-electron chi connectivity index (χ0n) is 19.5. The molecule has 1 fully saturated rings. The van der Waals surface area contributed by atoms with Crippen molar-refractivity contribution in [1.82, 2.24) is 9.47 Å². The second kappa shape index (κ2) is 9.66. The molecule has 0 radical (unpaired) electrons. The molecule has 3 heterocycles. The van der Waals surface area contributed by atoms with Gasteiger partial charge in [-0.25, -0.2) is 4.79 Å². The number of carbonyl (C=O) groups excluding carboxylic acids is 2. The molecule has 1 saturated heterocycles. The van der Waals surface area contributed by atoms with Gasteiger partial charge in [-0.15, -0.1) is 0 Å². The van der Waals surface area contributed by atoms with Crippen LogP contribution in [-0.2, 0) is 16.0 Å². The number of amides is 2. The van der Waals surface area contributed by atoms with Gasteiger partial charge in [-0.2, -0.15) is 0 Å². The SMILES string of the molecule is CCOC(=O)N1CCC(n2ccc3c(NC(=O)Cc4coc5ccccc45)cccc3c2=O)CC1. The summed E-state index contributed by atoms with van der Waals surface area (Å²) in [7, 11) is 0. The van der Waals surface area contributed by atoms with E-state index < -0.39 is 0 Å². The van der Waals surface area contributed by atoms with Crippen LogP contribution >= 0.6 is 0 Å². The number of likely N-dealkylation sites (tertiary alicyclic amines) is 1. The topological polar surface area (TPSA) is 93.8 Å². The Bertz CT molecular complexity index is 1450. The van der Waals surface area contributed by atoms with Crippen molar-refractivity contribution in [1.29, 1.82) is 0 Å². The van der Waals surface area contributed by atoms with Gasteiger partial charge in [0.2, 0.25) is 5.91 Å². The molecule has 2 aromatic carbocycles. The van der Waals surface area contributed by atoms with Gasteiger partial charge < -0.3 is 23.9 Å². The van der Waals surface area contributed by atoms with E-state index in [0.29, 0.717) is 49.0 Å². The number of nitrogens with one attached hydrogen (secondary N) is 1. The van der Waals surface area contributed by atoms with Crippen molar-refractivity contribution >= 4 is 39.4 Å². The number of furan rings is 1. The van der Waals surface area contributed by atoms with Crippen LogP contribution in [0.3, 0.4) is 0 Å². The van der Waals surface area contributed by atoms with E-state index in [1.54, 1.807) is 47.0 Å². The monoisotopic (exact) mass is 473 g/mol. The van der Waals surface area contributed by atoms with Gasteiger partial charge in [-0.1, -0.05) is 24.3 Å². The molecule has 0 saturated carbocycles. The predicted octanol–water partition coefficient (Wildman–Crippen LogP) is 4.72. The molecule has 0 aliphatic carbocycles. The third-order valence-corrected chi connectivity index (χ3v) is 6.54. The Hall–Kier alpha value is -4.07. The van der Waals surface area contributed by atoms with E-state index in [1.807, 2.05) is 30.3 Å². The van der Waals surface area contributed by atoms with Gasteiger partial charge in [0.15, 0.2) is 0 Å². The Morgan fingerprint density at radius 2 is 1.80 bits per heavy atom. The van der Waals surface area contributed by atoms with Crippen LogP contribution in [0.1, 0.15) is 31.4 Å². The number of nitrogens with zero attached hydrogens (tertiary/aromatic N) is 2. The first-order valence-electron chi connectivity index (χ1n) is 11.9. The lowest BCUT2D eigenvalue weighted by Gasteiger charge is -2.32. The van der Waals surface area contributed by atoms with Crippen molar-refractivity contribution in [3.05, 3.63) is 76.9 Å². The summed E-state index contributed by atoms with van der Waals surface area (Å²) in [6.45, 7) is 3.23. The lowest BCUT2D eigenvalue weighted by Crippen LogP contribution is -2.41. The third kappa shape index (κ3) is 4.51. The first-order valence-corrected chi connectivity index (χ1v) is 11.9. The summed E-state index contributed by atoms with van der Waals surface area (Å²) in [6.07, 6.45) is 4.62. The Balaban J connectivity index is 1.33. The van der Waals surface area contributed by atoms with Gasteiger partial charge >= 0.3 is 6.09 Å². The Morgan fingerprint density at radius 1 is 1.03 bits per heavy atom. The van der Waals surface area contributed by atoms with Crippen LogP contribution in [0.15, 0.2) is 70.2 Å². The maximum Gasteiger partial charge on any atom is 0.409 e. The molecule has 180 valence electrons. The van der Waals surface area contributed by atoms with Crippen LogP contribution in [0, 0.1) is 0 Å². The maximum absolute atomic E-state index is 13.3. The largest absolute Gasteiger partial charge is 0.464 e. The number of pyridine rings is 1. The normalized spacial score (nSPS) is 14.4. The van der Waals surface area contributed by atoms with Crippen LogP contribution < -0.4 is 10.9 Å². The fraction of sp³-hybridized carbons (Fsp3) is 0.296. The predicted molar refractivity (Wildman–Crippen MR) is 134 cm³/mol. The summed E-state index contributed by atoms with van der Waals surface area (Å²) in [5.41, 5.74) is 2.06. The summed E-state index contributed by atoms with van der Waals surface area (Å²) in [5.74, 6) is -0.181. The highest BCUT2D eigenvalue weighted by atomic mass is 16.6. The van der Waals surface area contributed by atoms with Gasteiger partial charge in [-0.3, -0.25) is 9.59 Å². The molecule has 1 aliphatic heterocycles. The van der Waals surface area contributed by atoms with Crippen LogP contribution in [-0.4, -0.2) is 41.2 Å². The van der Waals surface area contributed by atoms with Gasteiger partial charge in [0.25, 0.3) is 5.56 Å². The molecule has 4 aromatic rings. The number of para-hydroxylation sites is 1. The Labute approximate surface area is 202 Å². The molecule has 1 N–H and O–H groups in total. The zero-order chi connectivity index (χ0) is 24.4. The average molecular weight is 474 g/mol. The minimum absolute atomic E-state index is 0.00481. The minimum atomic E-state index is -0.305. The quantitative estimate of drug-likeness (QED) is 0.453. The van der Waals surface area contributed by atoms with Crippen molar-refractivity contribution in [3.63, 3.8) is 0 Å². The molecule has 0 spiro atoms. The lowest BCUT2D eigenvalue weighted by molar-refractivity contribution is -0.115. The minimum Gasteiger partial charge on any atom is -0.464 e. The summed E-state index contributed by atoms with van der Waals surface area (Å²) in [6, 6.07) is 14.8. The fourth-order valence-corrected chi connectivity index (χ4v) is 4.77. The maximum atomic E-state index is 13.3. The van der Waals surface area contributed by atoms with E-state index in [2.05, 4.69) is 5.32 Å². The standard InChI is InChI=1S/C27H27N3O5/c1-2-34-27(33)29-13-10-19(11-14-29)30-15-12-21-22(26(30)32)7-5-8-23(21)28-25(31)16-18-17-35-24-9-4-3-6-20(18)24/h3-9,12,15,17,19H,2,10-11,13-14,16H2,1H3,(H,28,31). The van der Waals surface area contributed by atoms with E-state index in [1.165, 1.54) is 0 Å². The Morgan fingerprint density at radius 3 is 2.60 bits per heavy atom. The van der Waals surface area contributed by atoms with Gasteiger partial charge in [-0.05, 0) is 44.0 Å². The molecule has 0 atom stereocenters. The summed E-state index contributed by atoms with van der Waals surface area (Å²) in [5, 5.41) is 5.12. The van der Waals surface area contributed by atoms with Crippen molar-refractivity contribution in [2.75, 3.05) is 25.0 Å². The number of rotatable bonds is 5. The number of carbonyl (C=O) groups is 2. The number of aromatic nitrogens is 1. The smallest absolute Gasteiger partial charge is 0.409 e. The number of hydrogen-bond acceptors (Lipinski definition) is 5. The number of benzene rings is 2. The van der Waals surface area contributed by atoms with Crippen LogP contribution in [0.25, 0.3) is 21.7 Å². The van der Waals surface area contributed by atoms with E-state index >= 15 is 0 Å². The molecule has 8 heteroatoms. The highest BCUT2D eigenvalue weighted by Gasteiger charge is 2.25. The first-order chi connectivity index (χ1) is 17.0. The van der Waals surface area contributed by atoms with Crippen LogP contribution in [0.4, 0.5) is 10.5 Å². The molecule has 35 heavy (non-hydrogen) atoms. The number of fused-ring (bicyclic) bond motifs is 2. The van der Waals surface area contributed by atoms with Gasteiger partial charge in [0.1, 0.15) is 5.58 Å². The second-order valence-electron chi connectivity index (χ2n) is 8.69. The molecular formula is C27H27N3O5. The summed E-state index contributed by atoms with van der Waals surface area (Å²) in [4.78, 5) is 39.8. The van der Waals surface area contributed by atoms with Gasteiger partial charge in [0, 0.05) is 52.7 Å². The fourth-order valence-electron chi connectivity index (χ4n) is 4.77. The Kier molecular flexibility index (Phi) is 6.27. The molecular weight excluding hydrogens is 446 g/mol. The summed E-state index contributed by atoms with van der Waals surface area (Å²) >= 11 is 0. The molecule has 1 aliphatic rings. The first kappa shape index (κ1) is 22.7. The molecule has 0 bridgehead atoms. The van der Waals surface area contributed by atoms with Crippen molar-refractivity contribution in [2.24, 2.45) is 0 Å². The number of hydrogen-bond donors (Lipinski definition) is 1. The lowest BCUT2D eigenvalue weighted by atomic mass is 10.0. The highest BCUT2D eigenvalue weighted by Crippen LogP contribution is 2.26. The molecule has 2 amide bonds. The van der Waals surface area contributed by atoms with E-state index in [4.69, 9.17) is 9.15 Å². The van der Waals surface area contributed by atoms with Crippen molar-refractivity contribution < 1.29 is 18.7 Å². The second-order valence-corrected chi connectivity index (χ2v) is 8.69. The molecule has 8 nitrogen and oxygen atoms in total. The van der Waals surface area contributed by atoms with Crippen LogP contribution in [0.2, 0.25) is 0 Å². The van der Waals surface area contributed by atoms with Crippen molar-refractivity contribution in [2.45, 2.75) is 32.2 Å². The third-order valence-electron chi connectivity index (χ3n) is 6.54. The van der Waals surface area contributed by atoms with E-state index in [0.717, 1.165) is 16.5 Å². The van der Waals surface area contributed by atoms with Crippen molar-refractivity contribution in [3.8, 4) is 0 Å². The number of piperidine rings is 1. The molecule has 2 aromatic heterocycles. The number of anilines is 1. The zero-order valence-corrected chi connectivity index (χ0v) is 19.5. The van der Waals surface area contributed by atoms with E-state index in [9.17, 15) is 14.4 Å². The number of ether oxygens (including phenoxy) is 1.